The van der Waals surface area contributed by atoms with E-state index in [2.05, 4.69) is 0 Å². The van der Waals surface area contributed by atoms with E-state index in [0.717, 1.165) is 5.56 Å². The summed E-state index contributed by atoms with van der Waals surface area (Å²) in [5.74, 6) is -0.308. The van der Waals surface area contributed by atoms with Crippen molar-refractivity contribution in [1.82, 2.24) is 0 Å². The first-order chi connectivity index (χ1) is 8.65. The zero-order valence-electron chi connectivity index (χ0n) is 9.67. The van der Waals surface area contributed by atoms with Crippen LogP contribution in [0.3, 0.4) is 0 Å². The van der Waals surface area contributed by atoms with Crippen LogP contribution in [0.1, 0.15) is 15.9 Å². The van der Waals surface area contributed by atoms with E-state index in [0.29, 0.717) is 18.0 Å². The van der Waals surface area contributed by atoms with Crippen molar-refractivity contribution in [2.75, 3.05) is 5.73 Å². The normalized spacial score (nSPS) is 10.0. The molecule has 0 fully saturated rings. The zero-order chi connectivity index (χ0) is 13.0. The van der Waals surface area contributed by atoms with Crippen molar-refractivity contribution in [1.29, 1.82) is 0 Å². The second kappa shape index (κ2) is 5.23. The summed E-state index contributed by atoms with van der Waals surface area (Å²) in [6.45, 7) is 0.423. The van der Waals surface area contributed by atoms with Crippen LogP contribution in [0.4, 0.5) is 5.69 Å². The smallest absolute Gasteiger partial charge is 0.335 e. The molecular formula is C14H13NO3. The van der Waals surface area contributed by atoms with Crippen molar-refractivity contribution < 1.29 is 14.6 Å². The predicted molar refractivity (Wildman–Crippen MR) is 68.6 cm³/mol. The van der Waals surface area contributed by atoms with Crippen molar-refractivity contribution in [3.8, 4) is 5.75 Å². The lowest BCUT2D eigenvalue weighted by atomic mass is 10.2. The maximum absolute atomic E-state index is 10.7. The van der Waals surface area contributed by atoms with Gasteiger partial charge < -0.3 is 15.6 Å². The Morgan fingerprint density at radius 3 is 2.22 bits per heavy atom. The summed E-state index contributed by atoms with van der Waals surface area (Å²) in [4.78, 5) is 10.7. The quantitative estimate of drug-likeness (QED) is 0.809. The van der Waals surface area contributed by atoms with Crippen LogP contribution >= 0.6 is 0 Å². The minimum atomic E-state index is -0.944. The molecule has 2 aromatic rings. The van der Waals surface area contributed by atoms with Crippen molar-refractivity contribution >= 4 is 11.7 Å². The summed E-state index contributed by atoms with van der Waals surface area (Å²) in [5, 5.41) is 8.76. The van der Waals surface area contributed by atoms with Gasteiger partial charge in [0.15, 0.2) is 0 Å². The number of carbonyl (C=O) groups is 1. The Hall–Kier alpha value is -2.49. The maximum atomic E-state index is 10.7. The zero-order valence-corrected chi connectivity index (χ0v) is 9.67. The fourth-order valence-corrected chi connectivity index (χ4v) is 1.47. The summed E-state index contributed by atoms with van der Waals surface area (Å²) in [6.07, 6.45) is 0. The van der Waals surface area contributed by atoms with Gasteiger partial charge in [-0.05, 0) is 42.0 Å². The highest BCUT2D eigenvalue weighted by molar-refractivity contribution is 5.87. The number of carboxylic acids is 1. The average molecular weight is 243 g/mol. The number of nitrogens with two attached hydrogens (primary N) is 1. The van der Waals surface area contributed by atoms with Crippen molar-refractivity contribution in [3.05, 3.63) is 59.7 Å². The molecule has 0 radical (unpaired) electrons. The van der Waals surface area contributed by atoms with Crippen molar-refractivity contribution in [3.63, 3.8) is 0 Å². The van der Waals surface area contributed by atoms with Gasteiger partial charge in [0.25, 0.3) is 0 Å². The molecule has 0 saturated heterocycles. The van der Waals surface area contributed by atoms with Gasteiger partial charge in [0.1, 0.15) is 12.4 Å². The summed E-state index contributed by atoms with van der Waals surface area (Å²) in [7, 11) is 0. The average Bonchev–Trinajstić information content (AvgIpc) is 2.38. The van der Waals surface area contributed by atoms with Crippen LogP contribution in [0.5, 0.6) is 5.75 Å². The fraction of sp³-hybridized carbons (Fsp3) is 0.0714. The molecule has 0 aromatic heterocycles. The third-order valence-electron chi connectivity index (χ3n) is 2.49. The van der Waals surface area contributed by atoms with Gasteiger partial charge in [-0.3, -0.25) is 0 Å². The lowest BCUT2D eigenvalue weighted by Crippen LogP contribution is -1.98. The first-order valence-corrected chi connectivity index (χ1v) is 5.46. The molecule has 18 heavy (non-hydrogen) atoms. The van der Waals surface area contributed by atoms with Crippen molar-refractivity contribution in [2.24, 2.45) is 0 Å². The highest BCUT2D eigenvalue weighted by Gasteiger charge is 2.02. The SMILES string of the molecule is Nc1ccc(COc2ccc(C(=O)O)cc2)cc1. The van der Waals surface area contributed by atoms with Crippen LogP contribution in [-0.4, -0.2) is 11.1 Å². The van der Waals surface area contributed by atoms with Crippen LogP contribution < -0.4 is 10.5 Å². The molecule has 92 valence electrons. The number of hydrogen-bond acceptors (Lipinski definition) is 3. The fourth-order valence-electron chi connectivity index (χ4n) is 1.47. The molecule has 4 nitrogen and oxygen atoms in total. The molecule has 0 aliphatic carbocycles. The molecule has 0 heterocycles. The Bertz CT molecular complexity index is 532. The van der Waals surface area contributed by atoms with Crippen LogP contribution in [0.25, 0.3) is 0 Å². The van der Waals surface area contributed by atoms with Gasteiger partial charge in [-0.25, -0.2) is 4.79 Å². The standard InChI is InChI=1S/C14H13NO3/c15-12-5-1-10(2-6-12)9-18-13-7-3-11(4-8-13)14(16)17/h1-8H,9,15H2,(H,16,17). The van der Waals surface area contributed by atoms with Crippen LogP contribution in [0.2, 0.25) is 0 Å². The monoisotopic (exact) mass is 243 g/mol. The number of carboxylic acid groups (broad SMARTS) is 1. The minimum absolute atomic E-state index is 0.245. The largest absolute Gasteiger partial charge is 0.489 e. The van der Waals surface area contributed by atoms with Gasteiger partial charge in [0.2, 0.25) is 0 Å². The molecule has 4 heteroatoms. The summed E-state index contributed by atoms with van der Waals surface area (Å²) in [6, 6.07) is 13.7. The number of ether oxygens (including phenoxy) is 1. The van der Waals surface area contributed by atoms with Gasteiger partial charge >= 0.3 is 5.97 Å². The summed E-state index contributed by atoms with van der Waals surface area (Å²) in [5.41, 5.74) is 7.55. The molecule has 0 saturated carbocycles. The lowest BCUT2D eigenvalue weighted by Gasteiger charge is -2.06. The van der Waals surface area contributed by atoms with Crippen LogP contribution in [-0.2, 0) is 6.61 Å². The van der Waals surface area contributed by atoms with E-state index in [4.69, 9.17) is 15.6 Å². The Morgan fingerprint density at radius 1 is 1.06 bits per heavy atom. The van der Waals surface area contributed by atoms with E-state index in [9.17, 15) is 4.79 Å². The van der Waals surface area contributed by atoms with Gasteiger partial charge in [0.05, 0.1) is 5.56 Å². The van der Waals surface area contributed by atoms with Crippen LogP contribution in [0.15, 0.2) is 48.5 Å². The molecule has 0 unspecified atom stereocenters. The van der Waals surface area contributed by atoms with Crippen molar-refractivity contribution in [2.45, 2.75) is 6.61 Å². The molecule has 0 spiro atoms. The number of anilines is 1. The van der Waals surface area contributed by atoms with E-state index in [1.165, 1.54) is 12.1 Å². The minimum Gasteiger partial charge on any atom is -0.489 e. The van der Waals surface area contributed by atoms with Gasteiger partial charge in [-0.1, -0.05) is 12.1 Å². The molecule has 0 amide bonds. The highest BCUT2D eigenvalue weighted by atomic mass is 16.5. The molecule has 0 bridgehead atoms. The molecule has 0 aliphatic heterocycles. The van der Waals surface area contributed by atoms with E-state index in [-0.39, 0.29) is 5.56 Å². The van der Waals surface area contributed by atoms with Gasteiger partial charge in [0, 0.05) is 5.69 Å². The molecule has 3 N–H and O–H groups in total. The topological polar surface area (TPSA) is 72.5 Å². The van der Waals surface area contributed by atoms with E-state index >= 15 is 0 Å². The second-order valence-corrected chi connectivity index (χ2v) is 3.86. The number of nitrogen functional groups attached to an aromatic ring is 1. The Morgan fingerprint density at radius 2 is 1.67 bits per heavy atom. The predicted octanol–water partition coefficient (Wildman–Crippen LogP) is 2.55. The molecule has 2 aromatic carbocycles. The first-order valence-electron chi connectivity index (χ1n) is 5.46. The third-order valence-corrected chi connectivity index (χ3v) is 2.49. The molecular weight excluding hydrogens is 230 g/mol. The summed E-state index contributed by atoms with van der Waals surface area (Å²) >= 11 is 0. The molecule has 0 atom stereocenters. The first kappa shape index (κ1) is 12.0. The third kappa shape index (κ3) is 3.01. The summed E-state index contributed by atoms with van der Waals surface area (Å²) < 4.78 is 5.53. The number of aromatic carboxylic acids is 1. The Kier molecular flexibility index (Phi) is 3.48. The lowest BCUT2D eigenvalue weighted by molar-refractivity contribution is 0.0697. The van der Waals surface area contributed by atoms with Gasteiger partial charge in [-0.15, -0.1) is 0 Å². The van der Waals surface area contributed by atoms with Crippen LogP contribution in [0, 0.1) is 0 Å². The van der Waals surface area contributed by atoms with Gasteiger partial charge in [-0.2, -0.15) is 0 Å². The number of rotatable bonds is 4. The number of hydrogen-bond donors (Lipinski definition) is 2. The maximum Gasteiger partial charge on any atom is 0.335 e. The molecule has 2 rings (SSSR count). The molecule has 0 aliphatic rings. The van der Waals surface area contributed by atoms with E-state index in [1.807, 2.05) is 24.3 Å². The van der Waals surface area contributed by atoms with E-state index in [1.54, 1.807) is 12.1 Å². The Labute approximate surface area is 105 Å². The second-order valence-electron chi connectivity index (χ2n) is 3.86. The Balaban J connectivity index is 1.97. The number of benzene rings is 2. The highest BCUT2D eigenvalue weighted by Crippen LogP contribution is 2.14. The van der Waals surface area contributed by atoms with E-state index < -0.39 is 5.97 Å².